The number of benzene rings is 1. The molecule has 3 nitrogen and oxygen atoms in total. The maximum absolute atomic E-state index is 6.23. The van der Waals surface area contributed by atoms with E-state index in [1.54, 1.807) is 23.1 Å². The molecule has 0 fully saturated rings. The maximum atomic E-state index is 6.23. The highest BCUT2D eigenvalue weighted by molar-refractivity contribution is 7.98. The normalized spacial score (nSPS) is 11.1. The first-order valence-electron chi connectivity index (χ1n) is 7.19. The molecule has 2 heterocycles. The van der Waals surface area contributed by atoms with Gasteiger partial charge in [0.25, 0.3) is 0 Å². The standard InChI is InChI=1S/C16H15Cl2N3S2/c1-2-21-15(9-11-5-4-8-22-11)19-20-16(21)23-10-12-13(17)6-3-7-14(12)18/h3-8H,2,9-10H2,1H3. The molecule has 0 saturated carbocycles. The average Bonchev–Trinajstić information content (AvgIpc) is 3.17. The summed E-state index contributed by atoms with van der Waals surface area (Å²) in [6.07, 6.45) is 0.811. The van der Waals surface area contributed by atoms with E-state index in [1.807, 2.05) is 18.2 Å². The second kappa shape index (κ2) is 7.71. The predicted octanol–water partition coefficient (Wildman–Crippen LogP) is 5.55. The van der Waals surface area contributed by atoms with Gasteiger partial charge in [-0.2, -0.15) is 0 Å². The molecule has 2 aromatic heterocycles. The van der Waals surface area contributed by atoms with Crippen LogP contribution < -0.4 is 0 Å². The van der Waals surface area contributed by atoms with E-state index in [-0.39, 0.29) is 0 Å². The highest BCUT2D eigenvalue weighted by Gasteiger charge is 2.14. The van der Waals surface area contributed by atoms with Gasteiger partial charge in [-0.25, -0.2) is 0 Å². The van der Waals surface area contributed by atoms with Crippen LogP contribution in [0.3, 0.4) is 0 Å². The number of halogens is 2. The van der Waals surface area contributed by atoms with Gasteiger partial charge < -0.3 is 4.57 Å². The van der Waals surface area contributed by atoms with Crippen LogP contribution in [0.5, 0.6) is 0 Å². The van der Waals surface area contributed by atoms with Gasteiger partial charge in [0.2, 0.25) is 0 Å². The zero-order chi connectivity index (χ0) is 16.2. The molecule has 0 spiro atoms. The SMILES string of the molecule is CCn1c(Cc2cccs2)nnc1SCc1c(Cl)cccc1Cl. The first-order chi connectivity index (χ1) is 11.2. The lowest BCUT2D eigenvalue weighted by Gasteiger charge is -2.08. The fraction of sp³-hybridized carbons (Fsp3) is 0.250. The van der Waals surface area contributed by atoms with E-state index in [0.717, 1.165) is 29.5 Å². The summed E-state index contributed by atoms with van der Waals surface area (Å²) in [4.78, 5) is 1.29. The van der Waals surface area contributed by atoms with Crippen LogP contribution >= 0.6 is 46.3 Å². The Hall–Kier alpha value is -1.01. The van der Waals surface area contributed by atoms with Crippen LogP contribution in [0.15, 0.2) is 40.9 Å². The second-order valence-electron chi connectivity index (χ2n) is 4.89. The minimum absolute atomic E-state index is 0.676. The van der Waals surface area contributed by atoms with Crippen LogP contribution in [0, 0.1) is 0 Å². The molecule has 3 aromatic rings. The van der Waals surface area contributed by atoms with Gasteiger partial charge in [-0.1, -0.05) is 47.1 Å². The van der Waals surface area contributed by atoms with E-state index >= 15 is 0 Å². The summed E-state index contributed by atoms with van der Waals surface area (Å²) in [5.41, 5.74) is 0.936. The van der Waals surface area contributed by atoms with Gasteiger partial charge in [-0.15, -0.1) is 21.5 Å². The summed E-state index contributed by atoms with van der Waals surface area (Å²) >= 11 is 15.8. The Morgan fingerprint density at radius 3 is 2.57 bits per heavy atom. The Labute approximate surface area is 153 Å². The molecule has 120 valence electrons. The van der Waals surface area contributed by atoms with Crippen molar-refractivity contribution >= 4 is 46.3 Å². The molecule has 1 aromatic carbocycles. The lowest BCUT2D eigenvalue weighted by Crippen LogP contribution is -2.03. The molecule has 0 aliphatic heterocycles. The van der Waals surface area contributed by atoms with Crippen molar-refractivity contribution in [1.82, 2.24) is 14.8 Å². The Morgan fingerprint density at radius 1 is 1.13 bits per heavy atom. The zero-order valence-corrected chi connectivity index (χ0v) is 15.6. The Kier molecular flexibility index (Phi) is 5.64. The molecule has 3 rings (SSSR count). The monoisotopic (exact) mass is 383 g/mol. The Balaban J connectivity index is 1.77. The first-order valence-corrected chi connectivity index (χ1v) is 9.81. The number of thioether (sulfide) groups is 1. The van der Waals surface area contributed by atoms with E-state index in [2.05, 4.69) is 39.2 Å². The number of thiophene rings is 1. The molecule has 0 saturated heterocycles. The lowest BCUT2D eigenvalue weighted by molar-refractivity contribution is 0.652. The quantitative estimate of drug-likeness (QED) is 0.522. The highest BCUT2D eigenvalue weighted by atomic mass is 35.5. The molecule has 0 unspecified atom stereocenters. The smallest absolute Gasteiger partial charge is 0.191 e. The van der Waals surface area contributed by atoms with Gasteiger partial charge in [0.05, 0.1) is 0 Å². The summed E-state index contributed by atoms with van der Waals surface area (Å²) in [7, 11) is 0. The summed E-state index contributed by atoms with van der Waals surface area (Å²) in [6, 6.07) is 9.75. The minimum Gasteiger partial charge on any atom is -0.306 e. The third-order valence-corrected chi connectivity index (χ3v) is 6.01. The van der Waals surface area contributed by atoms with Crippen LogP contribution in [0.4, 0.5) is 0 Å². The number of nitrogens with zero attached hydrogens (tertiary/aromatic N) is 3. The molecule has 0 aliphatic carbocycles. The highest BCUT2D eigenvalue weighted by Crippen LogP contribution is 2.31. The van der Waals surface area contributed by atoms with Gasteiger partial charge in [0, 0.05) is 33.6 Å². The molecule has 0 amide bonds. The van der Waals surface area contributed by atoms with Crippen LogP contribution in [0.1, 0.15) is 23.2 Å². The third-order valence-electron chi connectivity index (χ3n) is 3.43. The molecule has 0 bridgehead atoms. The van der Waals surface area contributed by atoms with Gasteiger partial charge in [-0.05, 0) is 36.1 Å². The molecule has 0 aliphatic rings. The van der Waals surface area contributed by atoms with Crippen LogP contribution in [0.2, 0.25) is 10.0 Å². The number of hydrogen-bond donors (Lipinski definition) is 0. The van der Waals surface area contributed by atoms with Gasteiger partial charge in [0.15, 0.2) is 5.16 Å². The third kappa shape index (κ3) is 3.91. The van der Waals surface area contributed by atoms with Crippen molar-refractivity contribution in [2.24, 2.45) is 0 Å². The molecule has 7 heteroatoms. The number of rotatable bonds is 6. The van der Waals surface area contributed by atoms with E-state index in [9.17, 15) is 0 Å². The lowest BCUT2D eigenvalue weighted by atomic mass is 10.2. The molecular formula is C16H15Cl2N3S2. The number of hydrogen-bond acceptors (Lipinski definition) is 4. The fourth-order valence-electron chi connectivity index (χ4n) is 2.25. The van der Waals surface area contributed by atoms with E-state index in [1.165, 1.54) is 4.88 Å². The molecular weight excluding hydrogens is 369 g/mol. The molecule has 23 heavy (non-hydrogen) atoms. The van der Waals surface area contributed by atoms with Gasteiger partial charge in [-0.3, -0.25) is 0 Å². The number of aromatic nitrogens is 3. The van der Waals surface area contributed by atoms with Crippen molar-refractivity contribution in [2.45, 2.75) is 30.8 Å². The zero-order valence-electron chi connectivity index (χ0n) is 12.5. The summed E-state index contributed by atoms with van der Waals surface area (Å²) < 4.78 is 2.15. The second-order valence-corrected chi connectivity index (χ2v) is 7.68. The Morgan fingerprint density at radius 2 is 1.91 bits per heavy atom. The Bertz CT molecular complexity index is 764. The predicted molar refractivity (Wildman–Crippen MR) is 98.8 cm³/mol. The molecule has 0 radical (unpaired) electrons. The van der Waals surface area contributed by atoms with Gasteiger partial charge >= 0.3 is 0 Å². The minimum atomic E-state index is 0.676. The van der Waals surface area contributed by atoms with Crippen molar-refractivity contribution in [1.29, 1.82) is 0 Å². The molecule has 0 N–H and O–H groups in total. The van der Waals surface area contributed by atoms with Gasteiger partial charge in [0.1, 0.15) is 5.82 Å². The maximum Gasteiger partial charge on any atom is 0.191 e. The van der Waals surface area contributed by atoms with Crippen molar-refractivity contribution in [3.8, 4) is 0 Å². The van der Waals surface area contributed by atoms with Crippen LogP contribution in [-0.4, -0.2) is 14.8 Å². The van der Waals surface area contributed by atoms with E-state index < -0.39 is 0 Å². The van der Waals surface area contributed by atoms with Crippen molar-refractivity contribution in [3.63, 3.8) is 0 Å². The summed E-state index contributed by atoms with van der Waals surface area (Å²) in [6.45, 7) is 2.94. The topological polar surface area (TPSA) is 30.7 Å². The summed E-state index contributed by atoms with van der Waals surface area (Å²) in [5.74, 6) is 1.66. The molecule has 0 atom stereocenters. The average molecular weight is 384 g/mol. The van der Waals surface area contributed by atoms with E-state index in [0.29, 0.717) is 15.8 Å². The van der Waals surface area contributed by atoms with Crippen LogP contribution in [-0.2, 0) is 18.7 Å². The van der Waals surface area contributed by atoms with Crippen molar-refractivity contribution in [2.75, 3.05) is 0 Å². The van der Waals surface area contributed by atoms with Crippen molar-refractivity contribution in [3.05, 3.63) is 62.0 Å². The summed E-state index contributed by atoms with van der Waals surface area (Å²) in [5, 5.41) is 13.0. The fourth-order valence-corrected chi connectivity index (χ4v) is 4.71. The largest absolute Gasteiger partial charge is 0.306 e. The first kappa shape index (κ1) is 16.8. The van der Waals surface area contributed by atoms with Crippen LogP contribution in [0.25, 0.3) is 0 Å². The van der Waals surface area contributed by atoms with Crippen molar-refractivity contribution < 1.29 is 0 Å². The van der Waals surface area contributed by atoms with E-state index in [4.69, 9.17) is 23.2 Å².